The third kappa shape index (κ3) is 1.46. The van der Waals surface area contributed by atoms with Gasteiger partial charge in [0.2, 0.25) is 5.75 Å². The van der Waals surface area contributed by atoms with Crippen molar-refractivity contribution in [1.82, 2.24) is 0 Å². The van der Waals surface area contributed by atoms with Crippen molar-refractivity contribution in [3.05, 3.63) is 12.1 Å². The van der Waals surface area contributed by atoms with Crippen LogP contribution in [0.1, 0.15) is 0 Å². The number of phenols is 1. The first kappa shape index (κ1) is 9.14. The zero-order chi connectivity index (χ0) is 9.14. The van der Waals surface area contributed by atoms with E-state index in [0.29, 0.717) is 11.5 Å². The van der Waals surface area contributed by atoms with E-state index < -0.39 is 0 Å². The van der Waals surface area contributed by atoms with Crippen LogP contribution in [0.3, 0.4) is 0 Å². The maximum absolute atomic E-state index is 9.33. The molecule has 0 fully saturated rings. The fourth-order valence-electron chi connectivity index (χ4n) is 0.975. The normalized spacial score (nSPS) is 9.58. The van der Waals surface area contributed by atoms with E-state index in [1.807, 2.05) is 0 Å². The van der Waals surface area contributed by atoms with Gasteiger partial charge in [0.15, 0.2) is 11.5 Å². The van der Waals surface area contributed by atoms with Gasteiger partial charge < -0.3 is 14.6 Å². The van der Waals surface area contributed by atoms with Gasteiger partial charge in [-0.1, -0.05) is 0 Å². The van der Waals surface area contributed by atoms with Crippen LogP contribution in [0.25, 0.3) is 0 Å². The molecule has 0 bridgehead atoms. The van der Waals surface area contributed by atoms with Crippen LogP contribution in [0.4, 0.5) is 0 Å². The minimum Gasteiger partial charge on any atom is -0.504 e. The summed E-state index contributed by atoms with van der Waals surface area (Å²) in [4.78, 5) is 0. The molecule has 0 aliphatic carbocycles. The van der Waals surface area contributed by atoms with Gasteiger partial charge in [-0.3, -0.25) is 0 Å². The van der Waals surface area contributed by atoms with E-state index in [9.17, 15) is 5.11 Å². The monoisotopic (exact) mass is 186 g/mol. The minimum absolute atomic E-state index is 0.0838. The lowest BCUT2D eigenvalue weighted by atomic mass is 10.3. The van der Waals surface area contributed by atoms with Gasteiger partial charge in [-0.05, 0) is 12.1 Å². The molecule has 0 aromatic heterocycles. The van der Waals surface area contributed by atoms with Gasteiger partial charge in [0.05, 0.1) is 14.2 Å². The largest absolute Gasteiger partial charge is 0.504 e. The van der Waals surface area contributed by atoms with Gasteiger partial charge in [0.25, 0.3) is 0 Å². The molecule has 1 atom stereocenters. The first-order valence-electron chi connectivity index (χ1n) is 3.40. The lowest BCUT2D eigenvalue weighted by Gasteiger charge is -2.10. The summed E-state index contributed by atoms with van der Waals surface area (Å²) in [7, 11) is 5.52. The van der Waals surface area contributed by atoms with Crippen molar-refractivity contribution in [3.8, 4) is 17.2 Å². The average Bonchev–Trinajstić information content (AvgIpc) is 2.08. The summed E-state index contributed by atoms with van der Waals surface area (Å²) < 4.78 is 10.0. The summed E-state index contributed by atoms with van der Waals surface area (Å²) in [6, 6.07) is 3.30. The molecule has 0 heterocycles. The van der Waals surface area contributed by atoms with Crippen molar-refractivity contribution < 1.29 is 14.6 Å². The summed E-state index contributed by atoms with van der Waals surface area (Å²) in [5.41, 5.74) is 0. The van der Waals surface area contributed by atoms with Gasteiger partial charge in [0, 0.05) is 5.30 Å². The van der Waals surface area contributed by atoms with E-state index >= 15 is 0 Å². The fourth-order valence-corrected chi connectivity index (χ4v) is 1.32. The Kier molecular flexibility index (Phi) is 2.77. The number of phenolic OH excluding ortho intramolecular Hbond substituents is 1. The molecule has 1 rings (SSSR count). The second-order valence-corrected chi connectivity index (χ2v) is 2.86. The Labute approximate surface area is 73.5 Å². The number of rotatable bonds is 2. The molecule has 0 spiro atoms. The van der Waals surface area contributed by atoms with Crippen molar-refractivity contribution in [2.24, 2.45) is 0 Å². The molecule has 12 heavy (non-hydrogen) atoms. The van der Waals surface area contributed by atoms with Crippen LogP contribution >= 0.6 is 9.24 Å². The molecular formula is C8H11O3P. The van der Waals surface area contributed by atoms with E-state index in [0.717, 1.165) is 5.30 Å². The standard InChI is InChI=1S/C8H11O3P/c1-10-7-5(9)3-4-6(12)8(7)11-2/h3-4,9H,12H2,1-2H3. The number of hydrogen-bond acceptors (Lipinski definition) is 3. The molecule has 0 saturated heterocycles. The molecule has 3 nitrogen and oxygen atoms in total. The molecule has 1 aromatic rings. The van der Waals surface area contributed by atoms with Gasteiger partial charge in [-0.2, -0.15) is 0 Å². The van der Waals surface area contributed by atoms with E-state index in [1.165, 1.54) is 14.2 Å². The zero-order valence-corrected chi connectivity index (χ0v) is 8.15. The molecule has 0 aliphatic rings. The summed E-state index contributed by atoms with van der Waals surface area (Å²) in [5, 5.41) is 10.2. The number of methoxy groups -OCH3 is 2. The highest BCUT2D eigenvalue weighted by molar-refractivity contribution is 7.27. The lowest BCUT2D eigenvalue weighted by molar-refractivity contribution is 0.335. The topological polar surface area (TPSA) is 38.7 Å². The van der Waals surface area contributed by atoms with Crippen molar-refractivity contribution in [2.75, 3.05) is 14.2 Å². The van der Waals surface area contributed by atoms with E-state index in [4.69, 9.17) is 9.47 Å². The molecule has 1 N–H and O–H groups in total. The highest BCUT2D eigenvalue weighted by Crippen LogP contribution is 2.34. The maximum atomic E-state index is 9.33. The second-order valence-electron chi connectivity index (χ2n) is 2.24. The molecular weight excluding hydrogens is 175 g/mol. The van der Waals surface area contributed by atoms with Gasteiger partial charge >= 0.3 is 0 Å². The molecule has 1 unspecified atom stereocenters. The Morgan fingerprint density at radius 1 is 1.17 bits per heavy atom. The molecule has 0 radical (unpaired) electrons. The van der Waals surface area contributed by atoms with Crippen LogP contribution in [-0.2, 0) is 0 Å². The molecule has 66 valence electrons. The minimum atomic E-state index is 0.0838. The molecule has 0 saturated carbocycles. The fraction of sp³-hybridized carbons (Fsp3) is 0.250. The van der Waals surface area contributed by atoms with Crippen molar-refractivity contribution >= 4 is 14.5 Å². The smallest absolute Gasteiger partial charge is 0.203 e. The summed E-state index contributed by atoms with van der Waals surface area (Å²) in [6.45, 7) is 0. The Hall–Kier alpha value is -0.950. The highest BCUT2D eigenvalue weighted by Gasteiger charge is 2.10. The first-order chi connectivity index (χ1) is 5.70. The van der Waals surface area contributed by atoms with Gasteiger partial charge in [-0.25, -0.2) is 0 Å². The van der Waals surface area contributed by atoms with E-state index in [1.54, 1.807) is 12.1 Å². The Morgan fingerprint density at radius 3 is 2.17 bits per heavy atom. The van der Waals surface area contributed by atoms with E-state index in [-0.39, 0.29) is 5.75 Å². The summed E-state index contributed by atoms with van der Waals surface area (Å²) in [6.07, 6.45) is 0. The molecule has 0 aliphatic heterocycles. The molecule has 4 heteroatoms. The maximum Gasteiger partial charge on any atom is 0.203 e. The Morgan fingerprint density at radius 2 is 1.75 bits per heavy atom. The van der Waals surface area contributed by atoms with Crippen LogP contribution in [-0.4, -0.2) is 19.3 Å². The van der Waals surface area contributed by atoms with Crippen LogP contribution < -0.4 is 14.8 Å². The Balaban J connectivity index is 3.28. The van der Waals surface area contributed by atoms with Crippen LogP contribution in [0.5, 0.6) is 17.2 Å². The number of benzene rings is 1. The lowest BCUT2D eigenvalue weighted by Crippen LogP contribution is -2.01. The number of aromatic hydroxyl groups is 1. The Bertz CT molecular complexity index is 257. The third-order valence-corrected chi connectivity index (χ3v) is 1.98. The SMILES string of the molecule is COc1c(O)ccc(P)c1OC. The van der Waals surface area contributed by atoms with Crippen molar-refractivity contribution in [3.63, 3.8) is 0 Å². The number of ether oxygens (including phenoxy) is 2. The second kappa shape index (κ2) is 3.63. The quantitative estimate of drug-likeness (QED) is 0.697. The third-order valence-electron chi connectivity index (χ3n) is 1.53. The van der Waals surface area contributed by atoms with Gasteiger partial charge in [-0.15, -0.1) is 9.24 Å². The predicted molar refractivity (Wildman–Crippen MR) is 50.6 cm³/mol. The highest BCUT2D eigenvalue weighted by atomic mass is 31.0. The van der Waals surface area contributed by atoms with Crippen molar-refractivity contribution in [2.45, 2.75) is 0 Å². The van der Waals surface area contributed by atoms with Crippen LogP contribution in [0.2, 0.25) is 0 Å². The summed E-state index contributed by atoms with van der Waals surface area (Å²) in [5.74, 6) is 0.994. The van der Waals surface area contributed by atoms with Crippen LogP contribution in [0.15, 0.2) is 12.1 Å². The molecule has 0 amide bonds. The number of hydrogen-bond donors (Lipinski definition) is 1. The first-order valence-corrected chi connectivity index (χ1v) is 3.98. The van der Waals surface area contributed by atoms with E-state index in [2.05, 4.69) is 9.24 Å². The predicted octanol–water partition coefficient (Wildman–Crippen LogP) is 0.910. The van der Waals surface area contributed by atoms with Crippen LogP contribution in [0, 0.1) is 0 Å². The van der Waals surface area contributed by atoms with Gasteiger partial charge in [0.1, 0.15) is 0 Å². The molecule has 1 aromatic carbocycles. The van der Waals surface area contributed by atoms with Crippen molar-refractivity contribution in [1.29, 1.82) is 0 Å². The summed E-state index contributed by atoms with van der Waals surface area (Å²) >= 11 is 0. The zero-order valence-electron chi connectivity index (χ0n) is 7.00. The average molecular weight is 186 g/mol.